The number of anilines is 1. The van der Waals surface area contributed by atoms with E-state index < -0.39 is 0 Å². The molecule has 1 unspecified atom stereocenters. The monoisotopic (exact) mass is 271 g/mol. The molecule has 1 amide bonds. The van der Waals surface area contributed by atoms with Gasteiger partial charge in [-0.2, -0.15) is 0 Å². The Morgan fingerprint density at radius 1 is 1.30 bits per heavy atom. The van der Waals surface area contributed by atoms with E-state index in [1.54, 1.807) is 19.2 Å². The van der Waals surface area contributed by atoms with E-state index in [9.17, 15) is 4.79 Å². The zero-order chi connectivity index (χ0) is 14.5. The summed E-state index contributed by atoms with van der Waals surface area (Å²) in [5.74, 6) is 0.936. The lowest BCUT2D eigenvalue weighted by Crippen LogP contribution is -2.26. The third kappa shape index (κ3) is 3.26. The summed E-state index contributed by atoms with van der Waals surface area (Å²) >= 11 is 0. The molecule has 0 radical (unpaired) electrons. The number of ether oxygens (including phenoxy) is 1. The highest BCUT2D eigenvalue weighted by atomic mass is 16.5. The molecule has 5 heteroatoms. The number of nitrogens with two attached hydrogens (primary N) is 1. The first-order valence-electron chi connectivity index (χ1n) is 6.26. The van der Waals surface area contributed by atoms with Crippen LogP contribution in [0.3, 0.4) is 0 Å². The van der Waals surface area contributed by atoms with Crippen molar-refractivity contribution in [1.82, 2.24) is 10.3 Å². The number of carbonyl (C=O) groups excluding carboxylic acids is 1. The van der Waals surface area contributed by atoms with Gasteiger partial charge in [0.2, 0.25) is 0 Å². The lowest BCUT2D eigenvalue weighted by molar-refractivity contribution is 0.0940. The zero-order valence-electron chi connectivity index (χ0n) is 11.5. The largest absolute Gasteiger partial charge is 0.497 e. The number of methoxy groups -OCH3 is 1. The van der Waals surface area contributed by atoms with E-state index in [1.165, 1.54) is 6.20 Å². The Morgan fingerprint density at radius 3 is 2.60 bits per heavy atom. The molecule has 1 aromatic carbocycles. The van der Waals surface area contributed by atoms with Gasteiger partial charge in [0.15, 0.2) is 0 Å². The van der Waals surface area contributed by atoms with Gasteiger partial charge in [-0.25, -0.2) is 4.98 Å². The molecule has 2 aromatic rings. The van der Waals surface area contributed by atoms with Crippen LogP contribution in [0, 0.1) is 0 Å². The first-order chi connectivity index (χ1) is 9.60. The predicted octanol–water partition coefficient (Wildman–Crippen LogP) is 2.16. The van der Waals surface area contributed by atoms with Crippen LogP contribution in [-0.2, 0) is 0 Å². The summed E-state index contributed by atoms with van der Waals surface area (Å²) in [6.45, 7) is 1.92. The maximum Gasteiger partial charge on any atom is 0.251 e. The van der Waals surface area contributed by atoms with Gasteiger partial charge in [0.05, 0.1) is 13.2 Å². The third-order valence-electron chi connectivity index (χ3n) is 3.01. The zero-order valence-corrected chi connectivity index (χ0v) is 11.5. The summed E-state index contributed by atoms with van der Waals surface area (Å²) in [6.07, 6.45) is 1.52. The Morgan fingerprint density at radius 2 is 2.00 bits per heavy atom. The van der Waals surface area contributed by atoms with E-state index in [0.717, 1.165) is 11.3 Å². The second-order valence-electron chi connectivity index (χ2n) is 4.44. The van der Waals surface area contributed by atoms with Crippen LogP contribution in [0.1, 0.15) is 28.9 Å². The molecule has 0 aliphatic rings. The van der Waals surface area contributed by atoms with Crippen molar-refractivity contribution in [3.8, 4) is 5.75 Å². The molecule has 5 nitrogen and oxygen atoms in total. The third-order valence-corrected chi connectivity index (χ3v) is 3.01. The summed E-state index contributed by atoms with van der Waals surface area (Å²) < 4.78 is 5.10. The quantitative estimate of drug-likeness (QED) is 0.893. The number of nitrogen functional groups attached to an aromatic ring is 1. The van der Waals surface area contributed by atoms with Crippen LogP contribution < -0.4 is 15.8 Å². The van der Waals surface area contributed by atoms with Gasteiger partial charge < -0.3 is 15.8 Å². The second kappa shape index (κ2) is 6.06. The van der Waals surface area contributed by atoms with Crippen molar-refractivity contribution in [3.63, 3.8) is 0 Å². The number of nitrogens with zero attached hydrogens (tertiary/aromatic N) is 1. The Hall–Kier alpha value is -2.56. The standard InChI is InChI=1S/C15H17N3O2/c1-10(11-3-5-13(20-2)6-4-11)18-15(19)12-7-8-17-14(16)9-12/h3-10H,1-2H3,(H2,16,17)(H,18,19). The molecule has 3 N–H and O–H groups in total. The highest BCUT2D eigenvalue weighted by molar-refractivity contribution is 5.94. The molecule has 2 rings (SSSR count). The molecule has 0 aliphatic heterocycles. The second-order valence-corrected chi connectivity index (χ2v) is 4.44. The number of benzene rings is 1. The minimum atomic E-state index is -0.178. The number of rotatable bonds is 4. The van der Waals surface area contributed by atoms with Crippen molar-refractivity contribution in [2.24, 2.45) is 0 Å². The fourth-order valence-electron chi connectivity index (χ4n) is 1.85. The van der Waals surface area contributed by atoms with E-state index in [4.69, 9.17) is 10.5 Å². The van der Waals surface area contributed by atoms with Gasteiger partial charge in [-0.1, -0.05) is 12.1 Å². The van der Waals surface area contributed by atoms with E-state index in [0.29, 0.717) is 11.4 Å². The Bertz CT molecular complexity index is 596. The summed E-state index contributed by atoms with van der Waals surface area (Å²) in [7, 11) is 1.62. The molecule has 104 valence electrons. The van der Waals surface area contributed by atoms with Gasteiger partial charge in [0, 0.05) is 11.8 Å². The number of aromatic nitrogens is 1. The molecular weight excluding hydrogens is 254 g/mol. The Balaban J connectivity index is 2.06. The summed E-state index contributed by atoms with van der Waals surface area (Å²) in [6, 6.07) is 10.6. The number of carbonyl (C=O) groups is 1. The maximum atomic E-state index is 12.1. The number of hydrogen-bond donors (Lipinski definition) is 2. The van der Waals surface area contributed by atoms with Gasteiger partial charge in [0.1, 0.15) is 11.6 Å². The summed E-state index contributed by atoms with van der Waals surface area (Å²) in [5, 5.41) is 2.91. The average molecular weight is 271 g/mol. The lowest BCUT2D eigenvalue weighted by atomic mass is 10.1. The van der Waals surface area contributed by atoms with Crippen molar-refractivity contribution >= 4 is 11.7 Å². The number of nitrogens with one attached hydrogen (secondary N) is 1. The highest BCUT2D eigenvalue weighted by Gasteiger charge is 2.11. The average Bonchev–Trinajstić information content (AvgIpc) is 2.47. The van der Waals surface area contributed by atoms with Crippen molar-refractivity contribution < 1.29 is 9.53 Å². The first-order valence-corrected chi connectivity index (χ1v) is 6.26. The lowest BCUT2D eigenvalue weighted by Gasteiger charge is -2.15. The summed E-state index contributed by atoms with van der Waals surface area (Å²) in [4.78, 5) is 15.9. The molecule has 1 atom stereocenters. The fourth-order valence-corrected chi connectivity index (χ4v) is 1.85. The Kier molecular flexibility index (Phi) is 4.20. The maximum absolute atomic E-state index is 12.1. The minimum absolute atomic E-state index is 0.109. The van der Waals surface area contributed by atoms with Crippen LogP contribution >= 0.6 is 0 Å². The van der Waals surface area contributed by atoms with Gasteiger partial charge in [-0.05, 0) is 36.8 Å². The van der Waals surface area contributed by atoms with Gasteiger partial charge in [-0.3, -0.25) is 4.79 Å². The molecular formula is C15H17N3O2. The Labute approximate surface area is 117 Å². The normalized spacial score (nSPS) is 11.7. The van der Waals surface area contributed by atoms with Crippen molar-refractivity contribution in [1.29, 1.82) is 0 Å². The first kappa shape index (κ1) is 13.9. The van der Waals surface area contributed by atoms with Crippen molar-refractivity contribution in [3.05, 3.63) is 53.7 Å². The van der Waals surface area contributed by atoms with Crippen LogP contribution in [-0.4, -0.2) is 18.0 Å². The minimum Gasteiger partial charge on any atom is -0.497 e. The van der Waals surface area contributed by atoms with Crippen molar-refractivity contribution in [2.75, 3.05) is 12.8 Å². The molecule has 0 aliphatic carbocycles. The molecule has 20 heavy (non-hydrogen) atoms. The van der Waals surface area contributed by atoms with E-state index in [-0.39, 0.29) is 11.9 Å². The molecule has 0 saturated carbocycles. The van der Waals surface area contributed by atoms with Crippen LogP contribution in [0.4, 0.5) is 5.82 Å². The smallest absolute Gasteiger partial charge is 0.251 e. The summed E-state index contributed by atoms with van der Waals surface area (Å²) in [5.41, 5.74) is 7.06. The molecule has 1 heterocycles. The van der Waals surface area contributed by atoms with E-state index >= 15 is 0 Å². The molecule has 0 fully saturated rings. The fraction of sp³-hybridized carbons (Fsp3) is 0.200. The molecule has 1 aromatic heterocycles. The highest BCUT2D eigenvalue weighted by Crippen LogP contribution is 2.17. The number of pyridine rings is 1. The van der Waals surface area contributed by atoms with Crippen LogP contribution in [0.15, 0.2) is 42.6 Å². The number of hydrogen-bond acceptors (Lipinski definition) is 4. The van der Waals surface area contributed by atoms with Crippen LogP contribution in [0.25, 0.3) is 0 Å². The SMILES string of the molecule is COc1ccc(C(C)NC(=O)c2ccnc(N)c2)cc1. The molecule has 0 spiro atoms. The topological polar surface area (TPSA) is 77.2 Å². The molecule has 0 saturated heterocycles. The van der Waals surface area contributed by atoms with Crippen LogP contribution in [0.5, 0.6) is 5.75 Å². The van der Waals surface area contributed by atoms with E-state index in [2.05, 4.69) is 10.3 Å². The van der Waals surface area contributed by atoms with Gasteiger partial charge in [-0.15, -0.1) is 0 Å². The van der Waals surface area contributed by atoms with Gasteiger partial charge >= 0.3 is 0 Å². The van der Waals surface area contributed by atoms with Crippen LogP contribution in [0.2, 0.25) is 0 Å². The van der Waals surface area contributed by atoms with E-state index in [1.807, 2.05) is 31.2 Å². The number of amides is 1. The molecule has 0 bridgehead atoms. The van der Waals surface area contributed by atoms with Crippen molar-refractivity contribution in [2.45, 2.75) is 13.0 Å². The van der Waals surface area contributed by atoms with Gasteiger partial charge in [0.25, 0.3) is 5.91 Å². The predicted molar refractivity (Wildman–Crippen MR) is 77.5 cm³/mol.